The summed E-state index contributed by atoms with van der Waals surface area (Å²) in [5.41, 5.74) is 7.40. The van der Waals surface area contributed by atoms with E-state index in [1.165, 1.54) is 0 Å². The van der Waals surface area contributed by atoms with Gasteiger partial charge in [0, 0.05) is 11.3 Å². The molecule has 2 rings (SSSR count). The topological polar surface area (TPSA) is 54.7 Å². The van der Waals surface area contributed by atoms with Crippen LogP contribution in [0.15, 0.2) is 17.3 Å². The molecule has 0 unspecified atom stereocenters. The quantitative estimate of drug-likeness (QED) is 0.847. The van der Waals surface area contributed by atoms with Gasteiger partial charge in [-0.15, -0.1) is 0 Å². The van der Waals surface area contributed by atoms with E-state index in [1.807, 2.05) is 13.8 Å². The third-order valence-electron chi connectivity index (χ3n) is 2.08. The van der Waals surface area contributed by atoms with E-state index in [-0.39, 0.29) is 5.54 Å². The Bertz CT molecular complexity index is 506. The molecule has 1 aromatic heterocycles. The Morgan fingerprint density at radius 3 is 2.65 bits per heavy atom. The number of imidazole rings is 1. The van der Waals surface area contributed by atoms with Gasteiger partial charge in [-0.2, -0.15) is 0 Å². The number of aromatic nitrogens is 2. The fourth-order valence-corrected chi connectivity index (χ4v) is 2.48. The van der Waals surface area contributed by atoms with Gasteiger partial charge in [-0.1, -0.05) is 35.0 Å². The minimum atomic E-state index is -0.223. The highest BCUT2D eigenvalue weighted by Crippen LogP contribution is 2.29. The molecule has 0 bridgehead atoms. The number of rotatable bonds is 3. The van der Waals surface area contributed by atoms with Crippen molar-refractivity contribution in [2.24, 2.45) is 5.73 Å². The van der Waals surface area contributed by atoms with Gasteiger partial charge in [0.25, 0.3) is 0 Å². The van der Waals surface area contributed by atoms with Gasteiger partial charge in [0.1, 0.15) is 0 Å². The van der Waals surface area contributed by atoms with Crippen molar-refractivity contribution in [3.63, 3.8) is 0 Å². The maximum Gasteiger partial charge on any atom is 0.166 e. The second-order valence-corrected chi connectivity index (χ2v) is 6.38. The number of hydrogen-bond donors (Lipinski definition) is 2. The SMILES string of the molecule is CC(C)(N)CSc1nc2cc(Cl)c(Cl)cc2[nH]1. The van der Waals surface area contributed by atoms with Gasteiger partial charge in [0.2, 0.25) is 0 Å². The summed E-state index contributed by atoms with van der Waals surface area (Å²) in [6.45, 7) is 3.97. The number of halogens is 2. The van der Waals surface area contributed by atoms with Crippen molar-refractivity contribution in [1.82, 2.24) is 9.97 Å². The number of benzene rings is 1. The van der Waals surface area contributed by atoms with E-state index in [9.17, 15) is 0 Å². The van der Waals surface area contributed by atoms with Crippen LogP contribution in [0.3, 0.4) is 0 Å². The van der Waals surface area contributed by atoms with Crippen LogP contribution < -0.4 is 5.73 Å². The first-order chi connectivity index (χ1) is 7.85. The largest absolute Gasteiger partial charge is 0.333 e. The molecule has 3 N–H and O–H groups in total. The molecule has 17 heavy (non-hydrogen) atoms. The summed E-state index contributed by atoms with van der Waals surface area (Å²) in [5, 5.41) is 1.87. The molecule has 0 saturated carbocycles. The van der Waals surface area contributed by atoms with Crippen LogP contribution in [0.5, 0.6) is 0 Å². The van der Waals surface area contributed by atoms with Crippen molar-refractivity contribution in [2.75, 3.05) is 5.75 Å². The standard InChI is InChI=1S/C11H13Cl2N3S/c1-11(2,14)5-17-10-15-8-3-6(12)7(13)4-9(8)16-10/h3-4H,5,14H2,1-2H3,(H,15,16). The molecule has 0 amide bonds. The van der Waals surface area contributed by atoms with Crippen molar-refractivity contribution in [2.45, 2.75) is 24.5 Å². The molecule has 0 aliphatic rings. The molecule has 6 heteroatoms. The Labute approximate surface area is 114 Å². The molecule has 1 aromatic carbocycles. The zero-order valence-electron chi connectivity index (χ0n) is 9.55. The maximum atomic E-state index is 5.94. The lowest BCUT2D eigenvalue weighted by Gasteiger charge is -2.16. The lowest BCUT2D eigenvalue weighted by molar-refractivity contribution is 0.590. The van der Waals surface area contributed by atoms with Gasteiger partial charge in [0.15, 0.2) is 5.16 Å². The van der Waals surface area contributed by atoms with Crippen LogP contribution >= 0.6 is 35.0 Å². The van der Waals surface area contributed by atoms with Gasteiger partial charge in [-0.25, -0.2) is 4.98 Å². The number of nitrogens with one attached hydrogen (secondary N) is 1. The van der Waals surface area contributed by atoms with Gasteiger partial charge >= 0.3 is 0 Å². The second kappa shape index (κ2) is 4.69. The van der Waals surface area contributed by atoms with Gasteiger partial charge in [-0.05, 0) is 26.0 Å². The molecule has 0 aliphatic heterocycles. The van der Waals surface area contributed by atoms with E-state index in [1.54, 1.807) is 23.9 Å². The van der Waals surface area contributed by atoms with E-state index < -0.39 is 0 Å². The van der Waals surface area contributed by atoms with Crippen LogP contribution in [-0.4, -0.2) is 21.3 Å². The molecule has 0 saturated heterocycles. The van der Waals surface area contributed by atoms with Crippen LogP contribution in [0, 0.1) is 0 Å². The van der Waals surface area contributed by atoms with Gasteiger partial charge in [0.05, 0.1) is 21.1 Å². The molecule has 3 nitrogen and oxygen atoms in total. The lowest BCUT2D eigenvalue weighted by atomic mass is 10.1. The fraction of sp³-hybridized carbons (Fsp3) is 0.364. The fourth-order valence-electron chi connectivity index (χ4n) is 1.30. The summed E-state index contributed by atoms with van der Waals surface area (Å²) in [6.07, 6.45) is 0. The van der Waals surface area contributed by atoms with Crippen molar-refractivity contribution < 1.29 is 0 Å². The van der Waals surface area contributed by atoms with Crippen LogP contribution in [0.2, 0.25) is 10.0 Å². The molecule has 0 atom stereocenters. The average molecular weight is 290 g/mol. The number of hydrogen-bond acceptors (Lipinski definition) is 3. The summed E-state index contributed by atoms with van der Waals surface area (Å²) in [6, 6.07) is 3.54. The highest BCUT2D eigenvalue weighted by Gasteiger charge is 2.13. The van der Waals surface area contributed by atoms with Crippen LogP contribution in [-0.2, 0) is 0 Å². The van der Waals surface area contributed by atoms with Crippen LogP contribution in [0.1, 0.15) is 13.8 Å². The van der Waals surface area contributed by atoms with E-state index in [0.717, 1.165) is 21.9 Å². The van der Waals surface area contributed by atoms with Crippen molar-refractivity contribution in [3.05, 3.63) is 22.2 Å². The zero-order valence-corrected chi connectivity index (χ0v) is 11.9. The summed E-state index contributed by atoms with van der Waals surface area (Å²) < 4.78 is 0. The van der Waals surface area contributed by atoms with Crippen LogP contribution in [0.4, 0.5) is 0 Å². The van der Waals surface area contributed by atoms with Gasteiger partial charge in [-0.3, -0.25) is 0 Å². The number of nitrogens with two attached hydrogens (primary N) is 1. The molecule has 2 aromatic rings. The van der Waals surface area contributed by atoms with E-state index in [4.69, 9.17) is 28.9 Å². The Morgan fingerprint density at radius 2 is 2.00 bits per heavy atom. The van der Waals surface area contributed by atoms with Crippen molar-refractivity contribution in [3.8, 4) is 0 Å². The van der Waals surface area contributed by atoms with Crippen LogP contribution in [0.25, 0.3) is 11.0 Å². The highest BCUT2D eigenvalue weighted by molar-refractivity contribution is 7.99. The summed E-state index contributed by atoms with van der Waals surface area (Å²) >= 11 is 13.5. The van der Waals surface area contributed by atoms with E-state index >= 15 is 0 Å². The maximum absolute atomic E-state index is 5.94. The summed E-state index contributed by atoms with van der Waals surface area (Å²) in [5.74, 6) is 0.786. The molecule has 0 fully saturated rings. The number of thioether (sulfide) groups is 1. The van der Waals surface area contributed by atoms with Crippen molar-refractivity contribution in [1.29, 1.82) is 0 Å². The predicted molar refractivity (Wildman–Crippen MR) is 75.1 cm³/mol. The molecule has 0 radical (unpaired) electrons. The third kappa shape index (κ3) is 3.28. The summed E-state index contributed by atoms with van der Waals surface area (Å²) in [4.78, 5) is 7.62. The number of H-pyrrole nitrogens is 1. The minimum Gasteiger partial charge on any atom is -0.333 e. The molecular weight excluding hydrogens is 277 g/mol. The Morgan fingerprint density at radius 1 is 1.35 bits per heavy atom. The first-order valence-electron chi connectivity index (χ1n) is 5.11. The monoisotopic (exact) mass is 289 g/mol. The van der Waals surface area contributed by atoms with Crippen molar-refractivity contribution >= 4 is 46.0 Å². The highest BCUT2D eigenvalue weighted by atomic mass is 35.5. The number of aromatic amines is 1. The third-order valence-corrected chi connectivity index (χ3v) is 4.16. The van der Waals surface area contributed by atoms with E-state index in [0.29, 0.717) is 10.0 Å². The van der Waals surface area contributed by atoms with Gasteiger partial charge < -0.3 is 10.7 Å². The smallest absolute Gasteiger partial charge is 0.166 e. The predicted octanol–water partition coefficient (Wildman–Crippen LogP) is 3.70. The lowest BCUT2D eigenvalue weighted by Crippen LogP contribution is -2.34. The molecule has 1 heterocycles. The molecule has 0 spiro atoms. The Hall–Kier alpha value is -0.420. The van der Waals surface area contributed by atoms with E-state index in [2.05, 4.69) is 9.97 Å². The zero-order chi connectivity index (χ0) is 12.6. The number of fused-ring (bicyclic) bond motifs is 1. The molecular formula is C11H13Cl2N3S. The normalized spacial score (nSPS) is 12.3. The summed E-state index contributed by atoms with van der Waals surface area (Å²) in [7, 11) is 0. The first-order valence-corrected chi connectivity index (χ1v) is 6.86. The Balaban J connectivity index is 2.26. The molecule has 0 aliphatic carbocycles. The average Bonchev–Trinajstić information content (AvgIpc) is 2.57. The minimum absolute atomic E-state index is 0.223. The Kier molecular flexibility index (Phi) is 3.59. The number of nitrogens with zero attached hydrogens (tertiary/aromatic N) is 1. The first kappa shape index (κ1) is 13.0. The molecule has 92 valence electrons. The second-order valence-electron chi connectivity index (χ2n) is 4.60.